The van der Waals surface area contributed by atoms with Gasteiger partial charge in [-0.1, -0.05) is 60.7 Å². The third-order valence-corrected chi connectivity index (χ3v) is 6.99. The number of amides is 2. The Morgan fingerprint density at radius 1 is 0.971 bits per heavy atom. The summed E-state index contributed by atoms with van der Waals surface area (Å²) in [4.78, 5) is 40.3. The van der Waals surface area contributed by atoms with E-state index in [1.807, 2.05) is 12.1 Å². The smallest absolute Gasteiger partial charge is 0.416 e. The van der Waals surface area contributed by atoms with Gasteiger partial charge in [0.25, 0.3) is 0 Å². The molecule has 8 nitrogen and oxygen atoms in total. The Morgan fingerprint density at radius 3 is 2.21 bits per heavy atom. The van der Waals surface area contributed by atoms with Crippen molar-refractivity contribution < 1.29 is 27.5 Å². The Morgan fingerprint density at radius 2 is 1.59 bits per heavy atom. The first-order chi connectivity index (χ1) is 16.2. The lowest BCUT2D eigenvalue weighted by Crippen LogP contribution is -2.43. The molecule has 0 aliphatic rings. The third-order valence-electron chi connectivity index (χ3n) is 4.97. The molecule has 1 aromatic heterocycles. The maximum absolute atomic E-state index is 13.2. The van der Waals surface area contributed by atoms with Crippen LogP contribution in [0.3, 0.4) is 0 Å². The molecule has 10 heteroatoms. The standard InChI is InChI=1S/C24H24N2O6S2/c1-17(20-12-13-21(33-20)22(27)19-10-6-3-7-11-19)23(28)26(14-15-34(25,30)31)24(29)32-16-18-8-4-2-5-9-18/h2-13,17H,14-16H2,1H3,(H2,25,30,31). The van der Waals surface area contributed by atoms with Crippen molar-refractivity contribution >= 4 is 39.1 Å². The van der Waals surface area contributed by atoms with Crippen LogP contribution >= 0.6 is 11.3 Å². The summed E-state index contributed by atoms with van der Waals surface area (Å²) in [6.45, 7) is 1.05. The first kappa shape index (κ1) is 25.3. The van der Waals surface area contributed by atoms with Gasteiger partial charge in [0.2, 0.25) is 21.7 Å². The first-order valence-electron chi connectivity index (χ1n) is 10.4. The summed E-state index contributed by atoms with van der Waals surface area (Å²) in [5.74, 6) is -2.24. The van der Waals surface area contributed by atoms with Gasteiger partial charge in [-0.15, -0.1) is 11.3 Å². The molecule has 0 fully saturated rings. The number of primary sulfonamides is 1. The average Bonchev–Trinajstić information content (AvgIpc) is 3.32. The number of benzene rings is 2. The van der Waals surface area contributed by atoms with Crippen molar-refractivity contribution in [3.63, 3.8) is 0 Å². The van der Waals surface area contributed by atoms with Crippen molar-refractivity contribution in [2.45, 2.75) is 19.4 Å². The monoisotopic (exact) mass is 500 g/mol. The minimum absolute atomic E-state index is 0.0814. The minimum atomic E-state index is -3.93. The van der Waals surface area contributed by atoms with Crippen LogP contribution in [0.15, 0.2) is 72.8 Å². The van der Waals surface area contributed by atoms with Gasteiger partial charge in [0.1, 0.15) is 6.61 Å². The normalized spacial score (nSPS) is 12.1. The fourth-order valence-corrected chi connectivity index (χ4v) is 4.55. The van der Waals surface area contributed by atoms with Crippen molar-refractivity contribution in [2.75, 3.05) is 12.3 Å². The molecule has 0 saturated carbocycles. The van der Waals surface area contributed by atoms with Crippen molar-refractivity contribution in [2.24, 2.45) is 5.14 Å². The largest absolute Gasteiger partial charge is 0.444 e. The van der Waals surface area contributed by atoms with Crippen LogP contribution in [0.1, 0.15) is 38.5 Å². The van der Waals surface area contributed by atoms with Crippen LogP contribution in [0.5, 0.6) is 0 Å². The number of ether oxygens (including phenoxy) is 1. The molecule has 34 heavy (non-hydrogen) atoms. The molecule has 178 valence electrons. The van der Waals surface area contributed by atoms with Crippen LogP contribution < -0.4 is 5.14 Å². The molecule has 2 amide bonds. The number of carbonyl (C=O) groups is 3. The number of hydrogen-bond acceptors (Lipinski definition) is 7. The van der Waals surface area contributed by atoms with Crippen LogP contribution in [0, 0.1) is 0 Å². The van der Waals surface area contributed by atoms with Gasteiger partial charge in [-0.05, 0) is 24.6 Å². The molecule has 1 unspecified atom stereocenters. The zero-order valence-corrected chi connectivity index (χ0v) is 20.1. The molecule has 3 rings (SSSR count). The Hall–Kier alpha value is -3.34. The Balaban J connectivity index is 1.76. The van der Waals surface area contributed by atoms with Gasteiger partial charge in [0.05, 0.1) is 16.5 Å². The van der Waals surface area contributed by atoms with Crippen molar-refractivity contribution in [1.82, 2.24) is 4.90 Å². The number of imide groups is 1. The van der Waals surface area contributed by atoms with E-state index in [2.05, 4.69) is 0 Å². The number of rotatable bonds is 9. The summed E-state index contributed by atoms with van der Waals surface area (Å²) in [5, 5.41) is 5.07. The molecule has 1 heterocycles. The molecule has 0 bridgehead atoms. The SMILES string of the molecule is CC(C(=O)N(CCS(N)(=O)=O)C(=O)OCc1ccccc1)c1ccc(C(=O)c2ccccc2)s1. The van der Waals surface area contributed by atoms with E-state index in [0.717, 1.165) is 16.2 Å². The van der Waals surface area contributed by atoms with Crippen LogP contribution in [0.25, 0.3) is 0 Å². The fraction of sp³-hybridized carbons (Fsp3) is 0.208. The van der Waals surface area contributed by atoms with E-state index in [9.17, 15) is 22.8 Å². The molecule has 0 spiro atoms. The maximum Gasteiger partial charge on any atom is 0.416 e. The van der Waals surface area contributed by atoms with E-state index < -0.39 is 40.2 Å². The second-order valence-corrected chi connectivity index (χ2v) is 10.4. The van der Waals surface area contributed by atoms with E-state index in [1.165, 1.54) is 0 Å². The van der Waals surface area contributed by atoms with Gasteiger partial charge >= 0.3 is 6.09 Å². The van der Waals surface area contributed by atoms with Crippen molar-refractivity contribution in [3.8, 4) is 0 Å². The van der Waals surface area contributed by atoms with E-state index in [1.54, 1.807) is 67.6 Å². The molecule has 1 atom stereocenters. The van der Waals surface area contributed by atoms with E-state index in [-0.39, 0.29) is 12.4 Å². The van der Waals surface area contributed by atoms with Crippen molar-refractivity contribution in [3.05, 3.63) is 93.7 Å². The van der Waals surface area contributed by atoms with E-state index in [0.29, 0.717) is 20.9 Å². The quantitative estimate of drug-likeness (QED) is 0.448. The number of nitrogens with zero attached hydrogens (tertiary/aromatic N) is 1. The number of ketones is 1. The summed E-state index contributed by atoms with van der Waals surface area (Å²) < 4.78 is 28.2. The maximum atomic E-state index is 13.2. The van der Waals surface area contributed by atoms with Gasteiger partial charge in [-0.25, -0.2) is 23.3 Å². The summed E-state index contributed by atoms with van der Waals surface area (Å²) in [6, 6.07) is 20.9. The molecule has 0 saturated heterocycles. The van der Waals surface area contributed by atoms with Gasteiger partial charge in [-0.3, -0.25) is 9.59 Å². The van der Waals surface area contributed by atoms with Crippen molar-refractivity contribution in [1.29, 1.82) is 0 Å². The van der Waals surface area contributed by atoms with Crippen LogP contribution in [-0.2, 0) is 26.2 Å². The summed E-state index contributed by atoms with van der Waals surface area (Å²) in [5.41, 5.74) is 1.24. The zero-order valence-electron chi connectivity index (χ0n) is 18.4. The van der Waals surface area contributed by atoms with Gasteiger partial charge < -0.3 is 4.74 Å². The highest BCUT2D eigenvalue weighted by Gasteiger charge is 2.30. The molecule has 0 aliphatic carbocycles. The summed E-state index contributed by atoms with van der Waals surface area (Å²) >= 11 is 1.14. The zero-order chi connectivity index (χ0) is 24.7. The molecular formula is C24H24N2O6S2. The highest BCUT2D eigenvalue weighted by atomic mass is 32.2. The van der Waals surface area contributed by atoms with Gasteiger partial charge in [0.15, 0.2) is 0 Å². The number of thiophene rings is 1. The van der Waals surface area contributed by atoms with Crippen LogP contribution in [0.2, 0.25) is 0 Å². The van der Waals surface area contributed by atoms with Crippen LogP contribution in [-0.4, -0.2) is 43.4 Å². The second kappa shape index (κ2) is 11.2. The molecule has 3 aromatic rings. The molecular weight excluding hydrogens is 476 g/mol. The highest BCUT2D eigenvalue weighted by Crippen LogP contribution is 2.28. The molecule has 2 aromatic carbocycles. The number of sulfonamides is 1. The van der Waals surface area contributed by atoms with Gasteiger partial charge in [0, 0.05) is 17.0 Å². The minimum Gasteiger partial charge on any atom is -0.444 e. The van der Waals surface area contributed by atoms with E-state index >= 15 is 0 Å². The summed E-state index contributed by atoms with van der Waals surface area (Å²) in [6.07, 6.45) is -0.971. The fourth-order valence-electron chi connectivity index (χ4n) is 3.10. The lowest BCUT2D eigenvalue weighted by Gasteiger charge is -2.23. The lowest BCUT2D eigenvalue weighted by molar-refractivity contribution is -0.130. The third kappa shape index (κ3) is 6.83. The summed E-state index contributed by atoms with van der Waals surface area (Å²) in [7, 11) is -3.93. The average molecular weight is 501 g/mol. The molecule has 0 radical (unpaired) electrons. The molecule has 0 aliphatic heterocycles. The van der Waals surface area contributed by atoms with Gasteiger partial charge in [-0.2, -0.15) is 0 Å². The van der Waals surface area contributed by atoms with E-state index in [4.69, 9.17) is 9.88 Å². The predicted molar refractivity (Wildman–Crippen MR) is 129 cm³/mol. The number of hydrogen-bond donors (Lipinski definition) is 1. The Kier molecular flexibility index (Phi) is 8.32. The topological polar surface area (TPSA) is 124 Å². The predicted octanol–water partition coefficient (Wildman–Crippen LogP) is 3.54. The second-order valence-electron chi connectivity index (χ2n) is 7.52. The number of nitrogens with two attached hydrogens (primary N) is 1. The number of carbonyl (C=O) groups excluding carboxylic acids is 3. The Labute approximate surface area is 202 Å². The van der Waals surface area contributed by atoms with Crippen LogP contribution in [0.4, 0.5) is 4.79 Å². The lowest BCUT2D eigenvalue weighted by atomic mass is 10.1. The molecule has 2 N–H and O–H groups in total. The Bertz CT molecular complexity index is 1260. The first-order valence-corrected chi connectivity index (χ1v) is 12.9. The highest BCUT2D eigenvalue weighted by molar-refractivity contribution is 7.89.